The molecule has 1 aromatic carbocycles. The molecule has 0 saturated carbocycles. The SMILES string of the molecule is COc1ccccc1CC(=O)NCC1CN(CC(C)C)CCO1. The molecule has 0 radical (unpaired) electrons. The maximum absolute atomic E-state index is 12.1. The molecule has 0 spiro atoms. The summed E-state index contributed by atoms with van der Waals surface area (Å²) in [7, 11) is 1.62. The van der Waals surface area contributed by atoms with Crippen molar-refractivity contribution in [2.45, 2.75) is 26.4 Å². The first-order chi connectivity index (χ1) is 11.1. The third-order valence-electron chi connectivity index (χ3n) is 3.92. The molecule has 128 valence electrons. The molecule has 2 rings (SSSR count). The standard InChI is InChI=1S/C18H28N2O3/c1-14(2)12-20-8-9-23-16(13-20)11-19-18(21)10-15-6-4-5-7-17(15)22-3/h4-7,14,16H,8-13H2,1-3H3,(H,19,21). The highest BCUT2D eigenvalue weighted by Gasteiger charge is 2.21. The van der Waals surface area contributed by atoms with Crippen LogP contribution in [0.15, 0.2) is 24.3 Å². The normalized spacial score (nSPS) is 18.9. The van der Waals surface area contributed by atoms with Crippen molar-refractivity contribution in [2.75, 3.05) is 39.9 Å². The molecule has 0 aliphatic carbocycles. The molecule has 1 N–H and O–H groups in total. The largest absolute Gasteiger partial charge is 0.496 e. The molecule has 1 fully saturated rings. The molecule has 5 heteroatoms. The Kier molecular flexibility index (Phi) is 6.86. The Balaban J connectivity index is 1.77. The molecule has 0 bridgehead atoms. The first-order valence-electron chi connectivity index (χ1n) is 8.31. The van der Waals surface area contributed by atoms with E-state index in [0.29, 0.717) is 18.9 Å². The second-order valence-corrected chi connectivity index (χ2v) is 6.44. The van der Waals surface area contributed by atoms with Crippen LogP contribution in [0.1, 0.15) is 19.4 Å². The number of nitrogens with zero attached hydrogens (tertiary/aromatic N) is 1. The van der Waals surface area contributed by atoms with Gasteiger partial charge in [-0.2, -0.15) is 0 Å². The molecular weight excluding hydrogens is 292 g/mol. The van der Waals surface area contributed by atoms with Crippen LogP contribution in [0, 0.1) is 5.92 Å². The van der Waals surface area contributed by atoms with E-state index in [9.17, 15) is 4.79 Å². The Morgan fingerprint density at radius 1 is 1.43 bits per heavy atom. The summed E-state index contributed by atoms with van der Waals surface area (Å²) < 4.78 is 11.0. The predicted molar refractivity (Wildman–Crippen MR) is 90.7 cm³/mol. The van der Waals surface area contributed by atoms with Crippen molar-refractivity contribution in [3.63, 3.8) is 0 Å². The van der Waals surface area contributed by atoms with E-state index in [4.69, 9.17) is 9.47 Å². The number of hydrogen-bond acceptors (Lipinski definition) is 4. The van der Waals surface area contributed by atoms with E-state index >= 15 is 0 Å². The van der Waals surface area contributed by atoms with Gasteiger partial charge in [-0.25, -0.2) is 0 Å². The number of ether oxygens (including phenoxy) is 2. The zero-order chi connectivity index (χ0) is 16.7. The molecule has 1 aromatic rings. The summed E-state index contributed by atoms with van der Waals surface area (Å²) in [6, 6.07) is 7.61. The average Bonchev–Trinajstić information content (AvgIpc) is 2.53. The monoisotopic (exact) mass is 320 g/mol. The van der Waals surface area contributed by atoms with E-state index < -0.39 is 0 Å². The van der Waals surface area contributed by atoms with Gasteiger partial charge in [-0.05, 0) is 12.0 Å². The number of para-hydroxylation sites is 1. The smallest absolute Gasteiger partial charge is 0.224 e. The van der Waals surface area contributed by atoms with Crippen LogP contribution in [-0.2, 0) is 16.0 Å². The van der Waals surface area contributed by atoms with Crippen molar-refractivity contribution in [3.05, 3.63) is 29.8 Å². The van der Waals surface area contributed by atoms with Gasteiger partial charge in [0.25, 0.3) is 0 Å². The molecule has 1 heterocycles. The molecule has 1 unspecified atom stereocenters. The number of methoxy groups -OCH3 is 1. The van der Waals surface area contributed by atoms with Gasteiger partial charge in [-0.3, -0.25) is 9.69 Å². The number of morpholine rings is 1. The van der Waals surface area contributed by atoms with Crippen molar-refractivity contribution >= 4 is 5.91 Å². The van der Waals surface area contributed by atoms with Crippen molar-refractivity contribution in [2.24, 2.45) is 5.92 Å². The molecule has 5 nitrogen and oxygen atoms in total. The highest BCUT2D eigenvalue weighted by Crippen LogP contribution is 2.17. The molecule has 1 saturated heterocycles. The van der Waals surface area contributed by atoms with Crippen molar-refractivity contribution < 1.29 is 14.3 Å². The molecule has 1 aliphatic rings. The van der Waals surface area contributed by atoms with Crippen LogP contribution >= 0.6 is 0 Å². The third-order valence-corrected chi connectivity index (χ3v) is 3.92. The van der Waals surface area contributed by atoms with Gasteiger partial charge in [0.2, 0.25) is 5.91 Å². The van der Waals surface area contributed by atoms with Crippen LogP contribution in [0.5, 0.6) is 5.75 Å². The Morgan fingerprint density at radius 2 is 2.22 bits per heavy atom. The maximum atomic E-state index is 12.1. The average molecular weight is 320 g/mol. The predicted octanol–water partition coefficient (Wildman–Crippen LogP) is 1.71. The third kappa shape index (κ3) is 5.84. The van der Waals surface area contributed by atoms with Gasteiger partial charge in [-0.1, -0.05) is 32.0 Å². The number of carbonyl (C=O) groups excluding carboxylic acids is 1. The summed E-state index contributed by atoms with van der Waals surface area (Å²) in [4.78, 5) is 14.6. The zero-order valence-corrected chi connectivity index (χ0v) is 14.4. The van der Waals surface area contributed by atoms with E-state index in [1.165, 1.54) is 0 Å². The molecule has 23 heavy (non-hydrogen) atoms. The van der Waals surface area contributed by atoms with E-state index in [1.807, 2.05) is 24.3 Å². The molecule has 1 atom stereocenters. The fraction of sp³-hybridized carbons (Fsp3) is 0.611. The highest BCUT2D eigenvalue weighted by atomic mass is 16.5. The second kappa shape index (κ2) is 8.89. The van der Waals surface area contributed by atoms with E-state index in [0.717, 1.165) is 37.6 Å². The molecule has 1 amide bonds. The summed E-state index contributed by atoms with van der Waals surface area (Å²) in [5, 5.41) is 2.98. The minimum Gasteiger partial charge on any atom is -0.496 e. The van der Waals surface area contributed by atoms with E-state index in [2.05, 4.69) is 24.1 Å². The number of rotatable bonds is 7. The minimum atomic E-state index is -0.000849. The summed E-state index contributed by atoms with van der Waals surface area (Å²) >= 11 is 0. The fourth-order valence-corrected chi connectivity index (χ4v) is 2.90. The van der Waals surface area contributed by atoms with Crippen molar-refractivity contribution in [1.29, 1.82) is 0 Å². The lowest BCUT2D eigenvalue weighted by atomic mass is 10.1. The Morgan fingerprint density at radius 3 is 2.96 bits per heavy atom. The first kappa shape index (κ1) is 17.8. The van der Waals surface area contributed by atoms with Crippen LogP contribution in [0.4, 0.5) is 0 Å². The number of nitrogens with one attached hydrogen (secondary N) is 1. The Bertz CT molecular complexity index is 505. The fourth-order valence-electron chi connectivity index (χ4n) is 2.90. The van der Waals surface area contributed by atoms with Crippen LogP contribution in [0.3, 0.4) is 0 Å². The molecular formula is C18H28N2O3. The summed E-state index contributed by atoms with van der Waals surface area (Å²) in [6.45, 7) is 8.67. The highest BCUT2D eigenvalue weighted by molar-refractivity contribution is 5.79. The number of benzene rings is 1. The van der Waals surface area contributed by atoms with Crippen LogP contribution in [0.25, 0.3) is 0 Å². The van der Waals surface area contributed by atoms with Crippen molar-refractivity contribution in [3.8, 4) is 5.75 Å². The van der Waals surface area contributed by atoms with Crippen LogP contribution in [0.2, 0.25) is 0 Å². The Labute approximate surface area is 139 Å². The zero-order valence-electron chi connectivity index (χ0n) is 14.4. The molecule has 0 aromatic heterocycles. The van der Waals surface area contributed by atoms with Gasteiger partial charge in [0.1, 0.15) is 5.75 Å². The minimum absolute atomic E-state index is 0.000849. The lowest BCUT2D eigenvalue weighted by molar-refractivity contribution is -0.121. The van der Waals surface area contributed by atoms with Gasteiger partial charge in [0.15, 0.2) is 0 Å². The summed E-state index contributed by atoms with van der Waals surface area (Å²) in [6.07, 6.45) is 0.399. The van der Waals surface area contributed by atoms with Crippen molar-refractivity contribution in [1.82, 2.24) is 10.2 Å². The number of amides is 1. The quantitative estimate of drug-likeness (QED) is 0.831. The number of hydrogen-bond donors (Lipinski definition) is 1. The van der Waals surface area contributed by atoms with E-state index in [-0.39, 0.29) is 12.0 Å². The maximum Gasteiger partial charge on any atom is 0.224 e. The first-order valence-corrected chi connectivity index (χ1v) is 8.31. The molecule has 1 aliphatic heterocycles. The van der Waals surface area contributed by atoms with Crippen LogP contribution in [-0.4, -0.2) is 56.8 Å². The number of carbonyl (C=O) groups is 1. The topological polar surface area (TPSA) is 50.8 Å². The van der Waals surface area contributed by atoms with Gasteiger partial charge < -0.3 is 14.8 Å². The van der Waals surface area contributed by atoms with Gasteiger partial charge in [0.05, 0.1) is 26.2 Å². The summed E-state index contributed by atoms with van der Waals surface area (Å²) in [5.41, 5.74) is 0.901. The van der Waals surface area contributed by atoms with Gasteiger partial charge in [0, 0.05) is 31.7 Å². The van der Waals surface area contributed by atoms with E-state index in [1.54, 1.807) is 7.11 Å². The lowest BCUT2D eigenvalue weighted by Gasteiger charge is -2.33. The summed E-state index contributed by atoms with van der Waals surface area (Å²) in [5.74, 6) is 1.40. The van der Waals surface area contributed by atoms with Crippen LogP contribution < -0.4 is 10.1 Å². The van der Waals surface area contributed by atoms with Gasteiger partial charge >= 0.3 is 0 Å². The Hall–Kier alpha value is -1.59. The lowest BCUT2D eigenvalue weighted by Crippen LogP contribution is -2.48. The van der Waals surface area contributed by atoms with Gasteiger partial charge in [-0.15, -0.1) is 0 Å². The second-order valence-electron chi connectivity index (χ2n) is 6.44.